The van der Waals surface area contributed by atoms with Crippen molar-refractivity contribution in [1.29, 1.82) is 0 Å². The Kier molecular flexibility index (Phi) is 6.51. The van der Waals surface area contributed by atoms with Gasteiger partial charge >= 0.3 is 5.97 Å². The largest absolute Gasteiger partial charge is 0.464 e. The summed E-state index contributed by atoms with van der Waals surface area (Å²) in [4.78, 5) is 26.8. The van der Waals surface area contributed by atoms with Gasteiger partial charge < -0.3 is 19.5 Å². The maximum Gasteiger partial charge on any atom is 0.354 e. The highest BCUT2D eigenvalue weighted by molar-refractivity contribution is 5.97. The zero-order valence-corrected chi connectivity index (χ0v) is 12.4. The highest BCUT2D eigenvalue weighted by atomic mass is 16.7. The maximum absolute atomic E-state index is 11.7. The topological polar surface area (TPSA) is 86.8 Å². The van der Waals surface area contributed by atoms with Crippen LogP contribution in [0, 0.1) is 0 Å². The first-order valence-electron chi connectivity index (χ1n) is 6.10. The fourth-order valence-corrected chi connectivity index (χ4v) is 1.70. The van der Waals surface area contributed by atoms with Crippen molar-refractivity contribution in [3.05, 3.63) is 35.3 Å². The Morgan fingerprint density at radius 3 is 2.48 bits per heavy atom. The van der Waals surface area contributed by atoms with E-state index in [0.717, 1.165) is 0 Å². The molecule has 1 heterocycles. The highest BCUT2D eigenvalue weighted by Crippen LogP contribution is 2.22. The third kappa shape index (κ3) is 4.66. The molecule has 0 fully saturated rings. The summed E-state index contributed by atoms with van der Waals surface area (Å²) in [5, 5.41) is 2.42. The first-order valence-corrected chi connectivity index (χ1v) is 6.10. The van der Waals surface area contributed by atoms with Gasteiger partial charge in [-0.3, -0.25) is 9.78 Å². The summed E-state index contributed by atoms with van der Waals surface area (Å²) >= 11 is 0. The Morgan fingerprint density at radius 2 is 1.95 bits per heavy atom. The zero-order valence-electron chi connectivity index (χ0n) is 12.4. The van der Waals surface area contributed by atoms with Crippen molar-refractivity contribution in [1.82, 2.24) is 10.3 Å². The minimum absolute atomic E-state index is 0.00482. The van der Waals surface area contributed by atoms with E-state index in [1.165, 1.54) is 40.5 Å². The van der Waals surface area contributed by atoms with E-state index in [1.807, 2.05) is 0 Å². The standard InChI is InChI=1S/C14H18N2O5/c1-9(17)16-12(13(18)19-2)7-10-8-15-6-5-11(10)14(20-3)21-4/h5-8,14H,1-4H3,(H,16,17)/b12-7+. The molecule has 0 bridgehead atoms. The summed E-state index contributed by atoms with van der Waals surface area (Å²) in [6, 6.07) is 1.70. The maximum atomic E-state index is 11.7. The smallest absolute Gasteiger partial charge is 0.354 e. The van der Waals surface area contributed by atoms with Crippen molar-refractivity contribution in [2.75, 3.05) is 21.3 Å². The molecule has 7 heteroatoms. The molecule has 0 radical (unpaired) electrons. The van der Waals surface area contributed by atoms with Crippen LogP contribution in [0.15, 0.2) is 24.2 Å². The van der Waals surface area contributed by atoms with Crippen LogP contribution in [0.3, 0.4) is 0 Å². The first-order chi connectivity index (χ1) is 10.0. The molecule has 0 aliphatic rings. The Bertz CT molecular complexity index is 538. The number of nitrogens with zero attached hydrogens (tertiary/aromatic N) is 1. The summed E-state index contributed by atoms with van der Waals surface area (Å²) in [5.74, 6) is -1.04. The van der Waals surface area contributed by atoms with Crippen molar-refractivity contribution in [2.45, 2.75) is 13.2 Å². The van der Waals surface area contributed by atoms with Crippen molar-refractivity contribution in [3.63, 3.8) is 0 Å². The quantitative estimate of drug-likeness (QED) is 0.479. The molecule has 1 amide bonds. The highest BCUT2D eigenvalue weighted by Gasteiger charge is 2.16. The van der Waals surface area contributed by atoms with Gasteiger partial charge in [-0.15, -0.1) is 0 Å². The summed E-state index contributed by atoms with van der Waals surface area (Å²) in [5.41, 5.74) is 1.24. The van der Waals surface area contributed by atoms with E-state index >= 15 is 0 Å². The van der Waals surface area contributed by atoms with Gasteiger partial charge in [0, 0.05) is 44.7 Å². The van der Waals surface area contributed by atoms with Crippen LogP contribution in [0.1, 0.15) is 24.3 Å². The first kappa shape index (κ1) is 16.8. The van der Waals surface area contributed by atoms with Gasteiger partial charge in [0.05, 0.1) is 7.11 Å². The molecule has 0 aromatic carbocycles. The van der Waals surface area contributed by atoms with Crippen LogP contribution in [-0.4, -0.2) is 38.2 Å². The van der Waals surface area contributed by atoms with E-state index in [4.69, 9.17) is 9.47 Å². The molecule has 0 atom stereocenters. The molecule has 7 nitrogen and oxygen atoms in total. The fraction of sp³-hybridized carbons (Fsp3) is 0.357. The number of carbonyl (C=O) groups is 2. The molecular weight excluding hydrogens is 276 g/mol. The summed E-state index contributed by atoms with van der Waals surface area (Å²) < 4.78 is 15.0. The second-order valence-corrected chi connectivity index (χ2v) is 4.04. The zero-order chi connectivity index (χ0) is 15.8. The van der Waals surface area contributed by atoms with E-state index in [9.17, 15) is 9.59 Å². The van der Waals surface area contributed by atoms with E-state index in [1.54, 1.807) is 12.3 Å². The molecule has 1 aromatic rings. The van der Waals surface area contributed by atoms with Crippen LogP contribution in [-0.2, 0) is 23.8 Å². The average Bonchev–Trinajstić information content (AvgIpc) is 2.48. The van der Waals surface area contributed by atoms with Gasteiger partial charge in [0.15, 0.2) is 6.29 Å². The van der Waals surface area contributed by atoms with Crippen LogP contribution >= 0.6 is 0 Å². The van der Waals surface area contributed by atoms with Gasteiger partial charge in [0.25, 0.3) is 0 Å². The average molecular weight is 294 g/mol. The normalized spacial score (nSPS) is 11.4. The fourth-order valence-electron chi connectivity index (χ4n) is 1.70. The van der Waals surface area contributed by atoms with Crippen LogP contribution in [0.4, 0.5) is 0 Å². The molecule has 114 valence electrons. The molecular formula is C14H18N2O5. The minimum atomic E-state index is -0.661. The van der Waals surface area contributed by atoms with Crippen molar-refractivity contribution in [2.24, 2.45) is 0 Å². The number of carbonyl (C=O) groups excluding carboxylic acids is 2. The molecule has 0 saturated heterocycles. The SMILES string of the molecule is COC(=O)/C(=C\c1cnccc1C(OC)OC)NC(C)=O. The summed E-state index contributed by atoms with van der Waals surface area (Å²) in [6.07, 6.45) is 3.95. The number of hydrogen-bond donors (Lipinski definition) is 1. The molecule has 0 spiro atoms. The number of ether oxygens (including phenoxy) is 3. The Labute approximate surface area is 122 Å². The summed E-state index contributed by atoms with van der Waals surface area (Å²) in [6.45, 7) is 1.30. The van der Waals surface area contributed by atoms with Crippen LogP contribution in [0.25, 0.3) is 6.08 Å². The van der Waals surface area contributed by atoms with Gasteiger partial charge in [-0.25, -0.2) is 4.79 Å². The monoisotopic (exact) mass is 294 g/mol. The Balaban J connectivity index is 3.26. The van der Waals surface area contributed by atoms with Gasteiger partial charge in [-0.2, -0.15) is 0 Å². The van der Waals surface area contributed by atoms with E-state index in [-0.39, 0.29) is 11.6 Å². The number of aromatic nitrogens is 1. The third-order valence-corrected chi connectivity index (χ3v) is 2.59. The molecule has 1 N–H and O–H groups in total. The molecule has 1 aromatic heterocycles. The predicted molar refractivity (Wildman–Crippen MR) is 74.8 cm³/mol. The van der Waals surface area contributed by atoms with Crippen LogP contribution in [0.5, 0.6) is 0 Å². The summed E-state index contributed by atoms with van der Waals surface area (Å²) in [7, 11) is 4.23. The lowest BCUT2D eigenvalue weighted by Crippen LogP contribution is -2.25. The third-order valence-electron chi connectivity index (χ3n) is 2.59. The lowest BCUT2D eigenvalue weighted by molar-refractivity contribution is -0.137. The minimum Gasteiger partial charge on any atom is -0.464 e. The lowest BCUT2D eigenvalue weighted by Gasteiger charge is -2.16. The molecule has 0 unspecified atom stereocenters. The molecule has 0 saturated carbocycles. The molecule has 21 heavy (non-hydrogen) atoms. The van der Waals surface area contributed by atoms with Crippen molar-refractivity contribution >= 4 is 18.0 Å². The molecule has 0 aliphatic carbocycles. The van der Waals surface area contributed by atoms with E-state index in [2.05, 4.69) is 15.0 Å². The number of hydrogen-bond acceptors (Lipinski definition) is 6. The van der Waals surface area contributed by atoms with Crippen molar-refractivity contribution in [3.8, 4) is 0 Å². The molecule has 1 rings (SSSR count). The van der Waals surface area contributed by atoms with Gasteiger partial charge in [-0.05, 0) is 12.1 Å². The molecule has 0 aliphatic heterocycles. The number of rotatable bonds is 6. The number of esters is 1. The van der Waals surface area contributed by atoms with Crippen LogP contribution in [0.2, 0.25) is 0 Å². The van der Waals surface area contributed by atoms with Gasteiger partial charge in [0.2, 0.25) is 5.91 Å². The Hall–Kier alpha value is -2.25. The predicted octanol–water partition coefficient (Wildman–Crippen LogP) is 1.02. The number of pyridine rings is 1. The number of amides is 1. The lowest BCUT2D eigenvalue weighted by atomic mass is 10.1. The number of nitrogens with one attached hydrogen (secondary N) is 1. The van der Waals surface area contributed by atoms with Gasteiger partial charge in [-0.1, -0.05) is 0 Å². The van der Waals surface area contributed by atoms with E-state index < -0.39 is 12.3 Å². The second-order valence-electron chi connectivity index (χ2n) is 4.04. The van der Waals surface area contributed by atoms with Crippen molar-refractivity contribution < 1.29 is 23.8 Å². The van der Waals surface area contributed by atoms with Gasteiger partial charge in [0.1, 0.15) is 5.70 Å². The second kappa shape index (κ2) is 8.13. The Morgan fingerprint density at radius 1 is 1.29 bits per heavy atom. The van der Waals surface area contributed by atoms with E-state index in [0.29, 0.717) is 11.1 Å². The number of methoxy groups -OCH3 is 3. The van der Waals surface area contributed by atoms with Crippen LogP contribution < -0.4 is 5.32 Å².